The lowest BCUT2D eigenvalue weighted by Crippen LogP contribution is -2.42. The third-order valence-corrected chi connectivity index (χ3v) is 8.34. The number of halogens is 2. The summed E-state index contributed by atoms with van der Waals surface area (Å²) in [4.78, 5) is 32.1. The second-order valence-electron chi connectivity index (χ2n) is 10.0. The Balaban J connectivity index is 1.33. The minimum atomic E-state index is -0.297. The number of fused-ring (bicyclic) bond motifs is 3. The maximum absolute atomic E-state index is 13.6. The van der Waals surface area contributed by atoms with E-state index in [4.69, 9.17) is 16.6 Å². The van der Waals surface area contributed by atoms with E-state index in [-0.39, 0.29) is 5.56 Å². The van der Waals surface area contributed by atoms with Crippen molar-refractivity contribution in [2.45, 2.75) is 25.8 Å². The number of hydrogen-bond donors (Lipinski definition) is 1. The summed E-state index contributed by atoms with van der Waals surface area (Å²) in [6.45, 7) is 4.23. The van der Waals surface area contributed by atoms with Crippen LogP contribution in [0.15, 0.2) is 64.3 Å². The molecule has 1 aliphatic heterocycles. The second kappa shape index (κ2) is 10.3. The summed E-state index contributed by atoms with van der Waals surface area (Å²) >= 11 is 10.0. The largest absolute Gasteiger partial charge is 0.371 e. The zero-order chi connectivity index (χ0) is 27.3. The zero-order valence-corrected chi connectivity index (χ0v) is 24.2. The molecule has 1 saturated heterocycles. The molecule has 0 radical (unpaired) electrons. The van der Waals surface area contributed by atoms with E-state index in [2.05, 4.69) is 74.2 Å². The molecule has 200 valence electrons. The fraction of sp³-hybridized carbons (Fsp3) is 0.286. The standard InChI is InChI=1S/C28H28BrClN8O/c1-17-15-18(7-8-23(17)36-12-9-19(10-13-36)35(2)3)33-28-32-16-20-24(34-28)26-31-11-14-37(26)38(27(20)39)25-21(29)5-4-6-22(25)30/h4-8,11,14-16,19H,9-10,12-13H2,1-3H3,(H,32,33,34). The molecule has 1 fully saturated rings. The van der Waals surface area contributed by atoms with Crippen LogP contribution in [0.2, 0.25) is 5.02 Å². The number of benzene rings is 2. The van der Waals surface area contributed by atoms with Crippen molar-refractivity contribution >= 4 is 61.4 Å². The van der Waals surface area contributed by atoms with Gasteiger partial charge in [0.2, 0.25) is 5.95 Å². The average molecular weight is 608 g/mol. The van der Waals surface area contributed by atoms with Gasteiger partial charge in [-0.25, -0.2) is 24.1 Å². The van der Waals surface area contributed by atoms with Gasteiger partial charge in [0.25, 0.3) is 5.56 Å². The number of nitrogens with zero attached hydrogens (tertiary/aromatic N) is 7. The predicted octanol–water partition coefficient (Wildman–Crippen LogP) is 5.43. The van der Waals surface area contributed by atoms with Crippen LogP contribution in [-0.2, 0) is 0 Å². The van der Waals surface area contributed by atoms with Crippen LogP contribution >= 0.6 is 27.5 Å². The van der Waals surface area contributed by atoms with Crippen LogP contribution in [-0.4, -0.2) is 62.3 Å². The molecule has 0 saturated carbocycles. The van der Waals surface area contributed by atoms with Crippen LogP contribution < -0.4 is 15.8 Å². The fourth-order valence-corrected chi connectivity index (χ4v) is 6.25. The number of aromatic nitrogens is 5. The molecule has 1 aliphatic rings. The molecule has 0 unspecified atom stereocenters. The first-order valence-electron chi connectivity index (χ1n) is 12.8. The van der Waals surface area contributed by atoms with Gasteiger partial charge < -0.3 is 15.1 Å². The lowest BCUT2D eigenvalue weighted by atomic mass is 10.0. The van der Waals surface area contributed by atoms with Gasteiger partial charge in [0.05, 0.1) is 16.1 Å². The molecule has 0 atom stereocenters. The summed E-state index contributed by atoms with van der Waals surface area (Å²) in [5.74, 6) is 0.391. The Morgan fingerprint density at radius 3 is 2.64 bits per heavy atom. The molecule has 5 aromatic rings. The SMILES string of the molecule is Cc1cc(Nc2ncc3c(=O)n(-c4c(Cl)cccc4Br)n4ccnc4c3n2)ccc1N1CCC(N(C)C)CC1. The number of piperidine rings is 1. The van der Waals surface area contributed by atoms with Crippen LogP contribution in [0.5, 0.6) is 0 Å². The minimum absolute atomic E-state index is 0.297. The third kappa shape index (κ3) is 4.66. The number of para-hydroxylation sites is 1. The quantitative estimate of drug-likeness (QED) is 0.285. The van der Waals surface area contributed by atoms with Gasteiger partial charge in [-0.3, -0.25) is 4.79 Å². The Hall–Kier alpha value is -3.47. The summed E-state index contributed by atoms with van der Waals surface area (Å²) in [6, 6.07) is 12.3. The summed E-state index contributed by atoms with van der Waals surface area (Å²) in [5.41, 5.74) is 4.53. The number of rotatable bonds is 5. The summed E-state index contributed by atoms with van der Waals surface area (Å²) < 4.78 is 3.83. The number of hydrogen-bond acceptors (Lipinski definition) is 7. The molecule has 0 aliphatic carbocycles. The van der Waals surface area contributed by atoms with Crippen LogP contribution in [0.1, 0.15) is 18.4 Å². The monoisotopic (exact) mass is 606 g/mol. The maximum Gasteiger partial charge on any atom is 0.281 e. The number of nitrogens with one attached hydrogen (secondary N) is 1. The first-order valence-corrected chi connectivity index (χ1v) is 14.0. The molecule has 0 spiro atoms. The molecule has 0 amide bonds. The van der Waals surface area contributed by atoms with Gasteiger partial charge in [-0.05, 0) is 85.7 Å². The van der Waals surface area contributed by atoms with Crippen molar-refractivity contribution in [3.05, 3.63) is 80.4 Å². The van der Waals surface area contributed by atoms with E-state index in [9.17, 15) is 4.79 Å². The summed E-state index contributed by atoms with van der Waals surface area (Å²) in [6.07, 6.45) is 7.21. The highest BCUT2D eigenvalue weighted by atomic mass is 79.9. The Morgan fingerprint density at radius 1 is 1.13 bits per heavy atom. The number of imidazole rings is 1. The molecule has 1 N–H and O–H groups in total. The van der Waals surface area contributed by atoms with E-state index in [1.54, 1.807) is 29.2 Å². The van der Waals surface area contributed by atoms with Gasteiger partial charge >= 0.3 is 0 Å². The fourth-order valence-electron chi connectivity index (χ4n) is 5.35. The van der Waals surface area contributed by atoms with E-state index in [0.717, 1.165) is 31.6 Å². The van der Waals surface area contributed by atoms with Gasteiger partial charge in [0.1, 0.15) is 5.52 Å². The summed E-state index contributed by atoms with van der Waals surface area (Å²) in [5, 5.41) is 4.09. The molecular weight excluding hydrogens is 580 g/mol. The van der Waals surface area contributed by atoms with Crippen LogP contribution in [0.25, 0.3) is 22.2 Å². The normalized spacial score (nSPS) is 14.6. The van der Waals surface area contributed by atoms with Crippen LogP contribution in [0.3, 0.4) is 0 Å². The number of anilines is 3. The van der Waals surface area contributed by atoms with Crippen LogP contribution in [0, 0.1) is 6.92 Å². The van der Waals surface area contributed by atoms with Crippen molar-refractivity contribution in [1.82, 2.24) is 29.0 Å². The highest BCUT2D eigenvalue weighted by Gasteiger charge is 2.22. The Kier molecular flexibility index (Phi) is 6.78. The van der Waals surface area contributed by atoms with Crippen molar-refractivity contribution in [3.63, 3.8) is 0 Å². The zero-order valence-electron chi connectivity index (χ0n) is 21.9. The van der Waals surface area contributed by atoms with Gasteiger partial charge in [0.15, 0.2) is 5.65 Å². The van der Waals surface area contributed by atoms with Crippen molar-refractivity contribution in [2.75, 3.05) is 37.4 Å². The molecule has 4 heterocycles. The molecule has 9 nitrogen and oxygen atoms in total. The van der Waals surface area contributed by atoms with Gasteiger partial charge in [-0.2, -0.15) is 0 Å². The smallest absolute Gasteiger partial charge is 0.281 e. The van der Waals surface area contributed by atoms with Gasteiger partial charge in [-0.15, -0.1) is 0 Å². The topological polar surface area (TPSA) is 83.6 Å². The van der Waals surface area contributed by atoms with Crippen molar-refractivity contribution in [1.29, 1.82) is 0 Å². The van der Waals surface area contributed by atoms with E-state index in [0.29, 0.717) is 43.7 Å². The van der Waals surface area contributed by atoms with E-state index in [1.807, 2.05) is 18.2 Å². The predicted molar refractivity (Wildman–Crippen MR) is 160 cm³/mol. The summed E-state index contributed by atoms with van der Waals surface area (Å²) in [7, 11) is 4.32. The van der Waals surface area contributed by atoms with Crippen molar-refractivity contribution in [2.24, 2.45) is 0 Å². The minimum Gasteiger partial charge on any atom is -0.371 e. The van der Waals surface area contributed by atoms with Crippen LogP contribution in [0.4, 0.5) is 17.3 Å². The molecule has 2 aromatic carbocycles. The highest BCUT2D eigenvalue weighted by molar-refractivity contribution is 9.10. The Morgan fingerprint density at radius 2 is 1.92 bits per heavy atom. The lowest BCUT2D eigenvalue weighted by molar-refractivity contribution is 0.249. The van der Waals surface area contributed by atoms with E-state index < -0.39 is 0 Å². The molecule has 39 heavy (non-hydrogen) atoms. The van der Waals surface area contributed by atoms with Crippen molar-refractivity contribution < 1.29 is 0 Å². The van der Waals surface area contributed by atoms with E-state index in [1.165, 1.54) is 15.9 Å². The van der Waals surface area contributed by atoms with Gasteiger partial charge in [-0.1, -0.05) is 17.7 Å². The number of aryl methyl sites for hydroxylation is 1. The highest BCUT2D eigenvalue weighted by Crippen LogP contribution is 2.30. The average Bonchev–Trinajstić information content (AvgIpc) is 3.40. The molecular formula is C28H28BrClN8O. The van der Waals surface area contributed by atoms with E-state index >= 15 is 0 Å². The van der Waals surface area contributed by atoms with Crippen molar-refractivity contribution in [3.8, 4) is 5.69 Å². The Bertz CT molecular complexity index is 1740. The maximum atomic E-state index is 13.6. The molecule has 11 heteroatoms. The lowest BCUT2D eigenvalue weighted by Gasteiger charge is -2.37. The van der Waals surface area contributed by atoms with Gasteiger partial charge in [0, 0.05) is 53.6 Å². The first kappa shape index (κ1) is 25.8. The second-order valence-corrected chi connectivity index (χ2v) is 11.3. The molecule has 0 bridgehead atoms. The first-order chi connectivity index (χ1) is 18.8. The molecule has 3 aromatic heterocycles. The third-order valence-electron chi connectivity index (χ3n) is 7.40. The Labute approximate surface area is 239 Å². The molecule has 6 rings (SSSR count).